The van der Waals surface area contributed by atoms with Gasteiger partial charge in [0.15, 0.2) is 0 Å². The van der Waals surface area contributed by atoms with Gasteiger partial charge in [0.05, 0.1) is 16.7 Å². The molecule has 0 amide bonds. The largest absolute Gasteiger partial charge is 0.386 e. The summed E-state index contributed by atoms with van der Waals surface area (Å²) in [6.07, 6.45) is 2.03. The first-order chi connectivity index (χ1) is 20.3. The van der Waals surface area contributed by atoms with Crippen LogP contribution in [0.15, 0.2) is 103 Å². The quantitative estimate of drug-likeness (QED) is 0.165. The number of rotatable bonds is 9. The maximum atomic E-state index is 11.5. The van der Waals surface area contributed by atoms with Crippen LogP contribution in [0.4, 0.5) is 5.69 Å². The Morgan fingerprint density at radius 1 is 0.628 bits per heavy atom. The highest BCUT2D eigenvalue weighted by molar-refractivity contribution is 5.98. The molecule has 0 radical (unpaired) electrons. The van der Waals surface area contributed by atoms with E-state index in [0.29, 0.717) is 0 Å². The van der Waals surface area contributed by atoms with Gasteiger partial charge in [0.1, 0.15) is 0 Å². The molecule has 0 fully saturated rings. The zero-order chi connectivity index (χ0) is 31.0. The topological polar surface area (TPSA) is 52.5 Å². The van der Waals surface area contributed by atoms with Crippen molar-refractivity contribution in [3.8, 4) is 22.3 Å². The fourth-order valence-corrected chi connectivity index (χ4v) is 6.29. The Kier molecular flexibility index (Phi) is 8.26. The molecule has 5 aromatic carbocycles. The smallest absolute Gasteiger partial charge is 0.0846 e. The SMILES string of the molecule is CCC[C@](C)(Nc1ccc(C)cc1)c1ccc(-c2cc(C(C)(C)O)c(-c3cccc4ccccc34)cc2C(C)(C)O)cc1. The lowest BCUT2D eigenvalue weighted by molar-refractivity contribution is 0.0753. The molecule has 0 bridgehead atoms. The summed E-state index contributed by atoms with van der Waals surface area (Å²) >= 11 is 0. The molecule has 0 saturated heterocycles. The summed E-state index contributed by atoms with van der Waals surface area (Å²) in [4.78, 5) is 0. The van der Waals surface area contributed by atoms with Crippen LogP contribution in [0, 0.1) is 6.92 Å². The number of hydrogen-bond acceptors (Lipinski definition) is 3. The summed E-state index contributed by atoms with van der Waals surface area (Å²) in [5.41, 5.74) is 6.66. The Morgan fingerprint density at radius 3 is 1.84 bits per heavy atom. The lowest BCUT2D eigenvalue weighted by Gasteiger charge is -2.33. The summed E-state index contributed by atoms with van der Waals surface area (Å²) in [5.74, 6) is 0. The standard InChI is InChI=1S/C40H45NO2/c1-8-24-40(7,41-31-22-16-27(2)17-23-31)30-20-18-29(19-21-30)34-25-37(39(5,6)43)35(26-36(34)38(3,4)42)33-15-11-13-28-12-9-10-14-32(28)33/h9-23,25-26,41-43H,8,24H2,1-7H3/t40-/m0/s1. The number of benzene rings is 5. The van der Waals surface area contributed by atoms with Gasteiger partial charge in [-0.05, 0) is 122 Å². The molecule has 0 aliphatic heterocycles. The molecule has 1 atom stereocenters. The molecule has 0 heterocycles. The van der Waals surface area contributed by atoms with Crippen molar-refractivity contribution in [3.05, 3.63) is 125 Å². The van der Waals surface area contributed by atoms with Crippen molar-refractivity contribution >= 4 is 16.5 Å². The van der Waals surface area contributed by atoms with Gasteiger partial charge in [-0.15, -0.1) is 0 Å². The number of hydrogen-bond donors (Lipinski definition) is 3. The molecule has 5 rings (SSSR count). The highest BCUT2D eigenvalue weighted by Crippen LogP contribution is 2.43. The Balaban J connectivity index is 1.65. The number of fused-ring (bicyclic) bond motifs is 1. The van der Waals surface area contributed by atoms with Crippen LogP contribution in [0.3, 0.4) is 0 Å². The monoisotopic (exact) mass is 571 g/mol. The van der Waals surface area contributed by atoms with Gasteiger partial charge in [-0.2, -0.15) is 0 Å². The van der Waals surface area contributed by atoms with E-state index >= 15 is 0 Å². The van der Waals surface area contributed by atoms with Gasteiger partial charge in [0.2, 0.25) is 0 Å². The third-order valence-corrected chi connectivity index (χ3v) is 8.61. The molecule has 0 saturated carbocycles. The highest BCUT2D eigenvalue weighted by atomic mass is 16.3. The Hall–Kier alpha value is -3.92. The summed E-state index contributed by atoms with van der Waals surface area (Å²) in [5, 5.41) is 29.0. The van der Waals surface area contributed by atoms with Gasteiger partial charge in [-0.25, -0.2) is 0 Å². The second kappa shape index (κ2) is 11.6. The average molecular weight is 572 g/mol. The van der Waals surface area contributed by atoms with Crippen molar-refractivity contribution in [2.45, 2.75) is 78.0 Å². The number of aryl methyl sites for hydroxylation is 1. The van der Waals surface area contributed by atoms with Crippen molar-refractivity contribution in [3.63, 3.8) is 0 Å². The van der Waals surface area contributed by atoms with Crippen LogP contribution >= 0.6 is 0 Å². The van der Waals surface area contributed by atoms with Crippen molar-refractivity contribution in [1.82, 2.24) is 0 Å². The van der Waals surface area contributed by atoms with E-state index in [1.807, 2.05) is 39.8 Å². The van der Waals surface area contributed by atoms with Gasteiger partial charge in [0.25, 0.3) is 0 Å². The van der Waals surface area contributed by atoms with E-state index in [-0.39, 0.29) is 5.54 Å². The molecule has 3 nitrogen and oxygen atoms in total. The van der Waals surface area contributed by atoms with E-state index in [0.717, 1.165) is 62.7 Å². The molecule has 0 unspecified atom stereocenters. The highest BCUT2D eigenvalue weighted by Gasteiger charge is 2.30. The summed E-state index contributed by atoms with van der Waals surface area (Å²) in [6, 6.07) is 36.0. The fourth-order valence-electron chi connectivity index (χ4n) is 6.29. The maximum Gasteiger partial charge on any atom is 0.0846 e. The zero-order valence-electron chi connectivity index (χ0n) is 26.6. The van der Waals surface area contributed by atoms with Gasteiger partial charge < -0.3 is 15.5 Å². The molecule has 43 heavy (non-hydrogen) atoms. The van der Waals surface area contributed by atoms with Gasteiger partial charge in [0, 0.05) is 5.69 Å². The van der Waals surface area contributed by atoms with Crippen LogP contribution < -0.4 is 5.32 Å². The minimum atomic E-state index is -1.10. The van der Waals surface area contributed by atoms with Crippen molar-refractivity contribution in [2.24, 2.45) is 0 Å². The van der Waals surface area contributed by atoms with E-state index in [1.165, 1.54) is 11.1 Å². The number of anilines is 1. The maximum absolute atomic E-state index is 11.5. The minimum Gasteiger partial charge on any atom is -0.386 e. The molecule has 0 aromatic heterocycles. The van der Waals surface area contributed by atoms with E-state index in [9.17, 15) is 10.2 Å². The Morgan fingerprint density at radius 2 is 1.21 bits per heavy atom. The van der Waals surface area contributed by atoms with Crippen molar-refractivity contribution in [2.75, 3.05) is 5.32 Å². The first-order valence-corrected chi connectivity index (χ1v) is 15.4. The molecular weight excluding hydrogens is 526 g/mol. The van der Waals surface area contributed by atoms with Crippen LogP contribution in [0.5, 0.6) is 0 Å². The normalized spacial score (nSPS) is 13.6. The van der Waals surface area contributed by atoms with Crippen LogP contribution in [0.2, 0.25) is 0 Å². The van der Waals surface area contributed by atoms with E-state index < -0.39 is 11.2 Å². The van der Waals surface area contributed by atoms with Crippen LogP contribution in [0.25, 0.3) is 33.0 Å². The van der Waals surface area contributed by atoms with Gasteiger partial charge in [-0.1, -0.05) is 97.8 Å². The zero-order valence-corrected chi connectivity index (χ0v) is 26.6. The molecule has 5 aromatic rings. The second-order valence-electron chi connectivity index (χ2n) is 13.2. The Labute approximate surface area is 257 Å². The van der Waals surface area contributed by atoms with E-state index in [4.69, 9.17) is 0 Å². The van der Waals surface area contributed by atoms with Gasteiger partial charge >= 0.3 is 0 Å². The van der Waals surface area contributed by atoms with Crippen LogP contribution in [-0.2, 0) is 16.7 Å². The van der Waals surface area contributed by atoms with Crippen LogP contribution in [0.1, 0.15) is 76.6 Å². The average Bonchev–Trinajstić information content (AvgIpc) is 2.97. The number of aliphatic hydroxyl groups is 2. The molecule has 222 valence electrons. The first-order valence-electron chi connectivity index (χ1n) is 15.4. The third kappa shape index (κ3) is 6.39. The summed E-state index contributed by atoms with van der Waals surface area (Å²) < 4.78 is 0. The lowest BCUT2D eigenvalue weighted by atomic mass is 9.79. The molecule has 0 aliphatic rings. The van der Waals surface area contributed by atoms with E-state index in [2.05, 4.69) is 117 Å². The molecule has 0 spiro atoms. The van der Waals surface area contributed by atoms with Crippen molar-refractivity contribution in [1.29, 1.82) is 0 Å². The minimum absolute atomic E-state index is 0.238. The lowest BCUT2D eigenvalue weighted by Crippen LogP contribution is -2.31. The third-order valence-electron chi connectivity index (χ3n) is 8.61. The van der Waals surface area contributed by atoms with Crippen molar-refractivity contribution < 1.29 is 10.2 Å². The predicted octanol–water partition coefficient (Wildman–Crippen LogP) is 10.1. The first kappa shape index (κ1) is 30.5. The summed E-state index contributed by atoms with van der Waals surface area (Å²) in [7, 11) is 0. The number of nitrogens with one attached hydrogen (secondary N) is 1. The summed E-state index contributed by atoms with van der Waals surface area (Å²) in [6.45, 7) is 13.9. The molecule has 3 N–H and O–H groups in total. The molecular formula is C40H45NO2. The molecule has 3 heteroatoms. The Bertz CT molecular complexity index is 1720. The molecule has 0 aliphatic carbocycles. The van der Waals surface area contributed by atoms with Crippen LogP contribution in [-0.4, -0.2) is 10.2 Å². The fraction of sp³-hybridized carbons (Fsp3) is 0.300. The second-order valence-corrected chi connectivity index (χ2v) is 13.2. The van der Waals surface area contributed by atoms with E-state index in [1.54, 1.807) is 0 Å². The predicted molar refractivity (Wildman–Crippen MR) is 182 cm³/mol. The van der Waals surface area contributed by atoms with Gasteiger partial charge in [-0.3, -0.25) is 0 Å².